The fourth-order valence-corrected chi connectivity index (χ4v) is 4.09. The third-order valence-electron chi connectivity index (χ3n) is 4.47. The van der Waals surface area contributed by atoms with E-state index in [0.717, 1.165) is 23.4 Å². The minimum atomic E-state index is -0.640. The Balaban J connectivity index is 1.66. The summed E-state index contributed by atoms with van der Waals surface area (Å²) >= 11 is 4.39. The monoisotopic (exact) mass is 560 g/mol. The number of nitrogens with zero attached hydrogens (tertiary/aromatic N) is 2. The van der Waals surface area contributed by atoms with Crippen LogP contribution in [0.25, 0.3) is 0 Å². The predicted octanol–water partition coefficient (Wildman–Crippen LogP) is 3.39. The molecule has 0 radical (unpaired) electrons. The van der Waals surface area contributed by atoms with Crippen LogP contribution in [0.1, 0.15) is 11.1 Å². The van der Waals surface area contributed by atoms with E-state index in [1.54, 1.807) is 12.1 Å². The van der Waals surface area contributed by atoms with Crippen molar-refractivity contribution in [3.63, 3.8) is 0 Å². The van der Waals surface area contributed by atoms with Gasteiger partial charge < -0.3 is 19.5 Å². The van der Waals surface area contributed by atoms with Gasteiger partial charge in [0.2, 0.25) is 0 Å². The molecule has 0 saturated carbocycles. The SMILES string of the molecule is COC(=O)/C=C1/S/C(=N\N=Cc2cc(Br)c(OCC(=O)Nc3ccccc3C)c(OC)c2)NC1=O. The molecule has 1 aliphatic heterocycles. The number of ether oxygens (including phenoxy) is 3. The van der Waals surface area contributed by atoms with Crippen LogP contribution in [0.2, 0.25) is 0 Å². The van der Waals surface area contributed by atoms with Gasteiger partial charge >= 0.3 is 5.97 Å². The van der Waals surface area contributed by atoms with Crippen LogP contribution in [-0.4, -0.2) is 50.0 Å². The van der Waals surface area contributed by atoms with E-state index in [9.17, 15) is 14.4 Å². The predicted molar refractivity (Wildman–Crippen MR) is 137 cm³/mol. The van der Waals surface area contributed by atoms with Crippen molar-refractivity contribution in [3.05, 3.63) is 63.0 Å². The second-order valence-electron chi connectivity index (χ2n) is 6.92. The molecule has 3 rings (SSSR count). The quantitative estimate of drug-likeness (QED) is 0.219. The number of hydrogen-bond donors (Lipinski definition) is 2. The van der Waals surface area contributed by atoms with Gasteiger partial charge in [0.1, 0.15) is 0 Å². The Morgan fingerprint density at radius 3 is 2.71 bits per heavy atom. The molecule has 0 spiro atoms. The highest BCUT2D eigenvalue weighted by Crippen LogP contribution is 2.36. The molecule has 2 aromatic carbocycles. The Hall–Kier alpha value is -3.64. The average molecular weight is 561 g/mol. The highest BCUT2D eigenvalue weighted by atomic mass is 79.9. The molecule has 0 atom stereocenters. The zero-order chi connectivity index (χ0) is 25.4. The number of esters is 1. The normalized spacial score (nSPS) is 15.4. The smallest absolute Gasteiger partial charge is 0.331 e. The van der Waals surface area contributed by atoms with E-state index in [1.807, 2.05) is 31.2 Å². The molecule has 0 aliphatic carbocycles. The van der Waals surface area contributed by atoms with Crippen LogP contribution in [0.3, 0.4) is 0 Å². The Morgan fingerprint density at radius 1 is 1.23 bits per heavy atom. The van der Waals surface area contributed by atoms with Crippen molar-refractivity contribution in [1.29, 1.82) is 0 Å². The van der Waals surface area contributed by atoms with E-state index < -0.39 is 11.9 Å². The van der Waals surface area contributed by atoms with Crippen molar-refractivity contribution in [1.82, 2.24) is 5.32 Å². The summed E-state index contributed by atoms with van der Waals surface area (Å²) in [6.07, 6.45) is 2.53. The van der Waals surface area contributed by atoms with Gasteiger partial charge in [-0.15, -0.1) is 5.10 Å². The number of aryl methyl sites for hydroxylation is 1. The highest BCUT2D eigenvalue weighted by Gasteiger charge is 2.25. The molecule has 182 valence electrons. The number of halogens is 1. The van der Waals surface area contributed by atoms with Crippen molar-refractivity contribution in [2.24, 2.45) is 10.2 Å². The summed E-state index contributed by atoms with van der Waals surface area (Å²) in [7, 11) is 2.70. The minimum absolute atomic E-state index is 0.156. The second kappa shape index (κ2) is 12.2. The Labute approximate surface area is 213 Å². The molecule has 1 saturated heterocycles. The molecule has 35 heavy (non-hydrogen) atoms. The van der Waals surface area contributed by atoms with Gasteiger partial charge in [-0.25, -0.2) is 4.79 Å². The third kappa shape index (κ3) is 7.17. The molecule has 2 aromatic rings. The van der Waals surface area contributed by atoms with Crippen LogP contribution in [0.15, 0.2) is 62.1 Å². The second-order valence-corrected chi connectivity index (χ2v) is 8.81. The molecule has 0 unspecified atom stereocenters. The van der Waals surface area contributed by atoms with Crippen LogP contribution in [-0.2, 0) is 19.1 Å². The number of benzene rings is 2. The van der Waals surface area contributed by atoms with Crippen LogP contribution in [0.5, 0.6) is 11.5 Å². The van der Waals surface area contributed by atoms with Gasteiger partial charge in [-0.3, -0.25) is 14.9 Å². The first-order valence-electron chi connectivity index (χ1n) is 10.1. The lowest BCUT2D eigenvalue weighted by Crippen LogP contribution is -2.21. The lowest BCUT2D eigenvalue weighted by atomic mass is 10.2. The van der Waals surface area contributed by atoms with Gasteiger partial charge in [-0.05, 0) is 63.9 Å². The number of nitrogens with one attached hydrogen (secondary N) is 2. The number of carbonyl (C=O) groups is 3. The van der Waals surface area contributed by atoms with E-state index in [1.165, 1.54) is 20.4 Å². The lowest BCUT2D eigenvalue weighted by molar-refractivity contribution is -0.135. The topological polar surface area (TPSA) is 128 Å². The van der Waals surface area contributed by atoms with Crippen LogP contribution in [0, 0.1) is 6.92 Å². The van der Waals surface area contributed by atoms with Crippen molar-refractivity contribution in [2.45, 2.75) is 6.92 Å². The van der Waals surface area contributed by atoms with Gasteiger partial charge in [-0.1, -0.05) is 18.2 Å². The summed E-state index contributed by atoms with van der Waals surface area (Å²) in [5, 5.41) is 13.4. The summed E-state index contributed by atoms with van der Waals surface area (Å²) in [5.41, 5.74) is 2.28. The standard InChI is InChI=1S/C23H21BrN4O6S/c1-13-6-4-5-7-16(13)26-19(29)12-34-21-15(24)8-14(9-17(21)32-2)11-25-28-23-27-22(31)18(35-23)10-20(30)33-3/h4-11H,12H2,1-3H3,(H,26,29)(H,27,28,31)/b18-10+,25-11?. The van der Waals surface area contributed by atoms with Crippen LogP contribution >= 0.6 is 27.7 Å². The molecular formula is C23H21BrN4O6S. The van der Waals surface area contributed by atoms with Crippen molar-refractivity contribution in [2.75, 3.05) is 26.1 Å². The van der Waals surface area contributed by atoms with E-state index >= 15 is 0 Å². The average Bonchev–Trinajstić information content (AvgIpc) is 3.18. The molecule has 1 fully saturated rings. The number of carbonyl (C=O) groups excluding carboxylic acids is 3. The summed E-state index contributed by atoms with van der Waals surface area (Å²) in [6.45, 7) is 1.68. The van der Waals surface area contributed by atoms with Crippen LogP contribution in [0.4, 0.5) is 5.69 Å². The molecule has 1 heterocycles. The number of methoxy groups -OCH3 is 2. The molecule has 0 aromatic heterocycles. The van der Waals surface area contributed by atoms with Crippen molar-refractivity contribution in [3.8, 4) is 11.5 Å². The minimum Gasteiger partial charge on any atom is -0.493 e. The van der Waals surface area contributed by atoms with Gasteiger partial charge in [0, 0.05) is 11.8 Å². The molecule has 12 heteroatoms. The summed E-state index contributed by atoms with van der Waals surface area (Å²) < 4.78 is 16.1. The summed E-state index contributed by atoms with van der Waals surface area (Å²) in [5.74, 6) is -0.686. The van der Waals surface area contributed by atoms with E-state index in [2.05, 4.69) is 41.5 Å². The number of thioether (sulfide) groups is 1. The van der Waals surface area contributed by atoms with Gasteiger partial charge in [-0.2, -0.15) is 5.10 Å². The molecule has 2 N–H and O–H groups in total. The number of amidine groups is 1. The van der Waals surface area contributed by atoms with Gasteiger partial charge in [0.15, 0.2) is 23.3 Å². The Bertz CT molecular complexity index is 1240. The maximum atomic E-state index is 12.3. The van der Waals surface area contributed by atoms with Crippen molar-refractivity contribution >= 4 is 62.5 Å². The maximum Gasteiger partial charge on any atom is 0.331 e. The first-order valence-corrected chi connectivity index (χ1v) is 11.7. The number of para-hydroxylation sites is 1. The maximum absolute atomic E-state index is 12.3. The zero-order valence-electron chi connectivity index (χ0n) is 19.0. The molecule has 1 aliphatic rings. The van der Waals surface area contributed by atoms with E-state index in [4.69, 9.17) is 9.47 Å². The summed E-state index contributed by atoms with van der Waals surface area (Å²) in [4.78, 5) is 35.6. The van der Waals surface area contributed by atoms with Crippen molar-refractivity contribution < 1.29 is 28.6 Å². The van der Waals surface area contributed by atoms with E-state index in [-0.39, 0.29) is 22.6 Å². The molecule has 0 bridgehead atoms. The number of hydrogen-bond acceptors (Lipinski definition) is 9. The number of anilines is 1. The third-order valence-corrected chi connectivity index (χ3v) is 5.96. The molecular weight excluding hydrogens is 540 g/mol. The Morgan fingerprint density at radius 2 is 2.00 bits per heavy atom. The highest BCUT2D eigenvalue weighted by molar-refractivity contribution is 9.10. The number of rotatable bonds is 8. The van der Waals surface area contributed by atoms with Crippen LogP contribution < -0.4 is 20.1 Å². The van der Waals surface area contributed by atoms with Gasteiger partial charge in [0.25, 0.3) is 11.8 Å². The largest absolute Gasteiger partial charge is 0.493 e. The fraction of sp³-hybridized carbons (Fsp3) is 0.174. The van der Waals surface area contributed by atoms with Gasteiger partial charge in [0.05, 0.1) is 29.8 Å². The molecule has 2 amide bonds. The molecule has 10 nitrogen and oxygen atoms in total. The Kier molecular flexibility index (Phi) is 9.04. The lowest BCUT2D eigenvalue weighted by Gasteiger charge is -2.14. The summed E-state index contributed by atoms with van der Waals surface area (Å²) in [6, 6.07) is 10.8. The zero-order valence-corrected chi connectivity index (χ0v) is 21.4. The first-order chi connectivity index (χ1) is 16.8. The van der Waals surface area contributed by atoms with E-state index in [0.29, 0.717) is 27.2 Å². The first kappa shape index (κ1) is 26.0. The number of amides is 2. The fourth-order valence-electron chi connectivity index (χ4n) is 2.78.